The molecule has 6 atom stereocenters. The Morgan fingerprint density at radius 3 is 2.20 bits per heavy atom. The highest BCUT2D eigenvalue weighted by molar-refractivity contribution is 5.85. The Morgan fingerprint density at radius 2 is 1.66 bits per heavy atom. The maximum absolute atomic E-state index is 12.9. The van der Waals surface area contributed by atoms with E-state index in [1.807, 2.05) is 0 Å². The Morgan fingerprint density at radius 1 is 1.03 bits per heavy atom. The highest BCUT2D eigenvalue weighted by Gasteiger charge is 2.63. The second kappa shape index (κ2) is 9.25. The monoisotopic (exact) mass is 488 g/mol. The van der Waals surface area contributed by atoms with Crippen molar-refractivity contribution in [3.8, 4) is 0 Å². The predicted octanol–water partition coefficient (Wildman–Crippen LogP) is 8.02. The first-order valence-corrected chi connectivity index (χ1v) is 14.5. The maximum Gasteiger partial charge on any atom is 0.138 e. The van der Waals surface area contributed by atoms with E-state index in [4.69, 9.17) is 0 Å². The standard InChI is InChI=1S/C32H56O3/c1-22-20-27(3,4)15-17-32(22,21-33)18-16-28(5,6)31(10)14-11-24-29(7,8)26(35)12-13-30(24,9)25(31)19-23(2)34/h22,24-25,33H,11-21H2,1-10H3/t22?,24-,25+,30-,31+,32+/m0/s1. The number of fused-ring (bicyclic) bond motifs is 1. The van der Waals surface area contributed by atoms with Crippen LogP contribution in [0.25, 0.3) is 0 Å². The van der Waals surface area contributed by atoms with E-state index in [1.54, 1.807) is 6.92 Å². The summed E-state index contributed by atoms with van der Waals surface area (Å²) in [5.74, 6) is 1.83. The third-order valence-corrected chi connectivity index (χ3v) is 12.6. The second-order valence-electron chi connectivity index (χ2n) is 15.8. The van der Waals surface area contributed by atoms with Crippen LogP contribution in [0.1, 0.15) is 133 Å². The number of rotatable bonds is 7. The first-order valence-electron chi connectivity index (χ1n) is 14.5. The van der Waals surface area contributed by atoms with Crippen molar-refractivity contribution in [2.45, 2.75) is 133 Å². The number of aliphatic hydroxyl groups is 1. The van der Waals surface area contributed by atoms with Gasteiger partial charge in [0.25, 0.3) is 0 Å². The molecule has 0 bridgehead atoms. The van der Waals surface area contributed by atoms with Crippen LogP contribution in [0.3, 0.4) is 0 Å². The molecule has 3 fully saturated rings. The van der Waals surface area contributed by atoms with Gasteiger partial charge < -0.3 is 9.90 Å². The zero-order valence-corrected chi connectivity index (χ0v) is 24.8. The van der Waals surface area contributed by atoms with E-state index in [2.05, 4.69) is 62.3 Å². The van der Waals surface area contributed by atoms with Gasteiger partial charge in [0.1, 0.15) is 11.6 Å². The fraction of sp³-hybridized carbons (Fsp3) is 0.938. The van der Waals surface area contributed by atoms with Crippen molar-refractivity contribution in [1.82, 2.24) is 0 Å². The Labute approximate surface area is 216 Å². The van der Waals surface area contributed by atoms with Gasteiger partial charge in [0.2, 0.25) is 0 Å². The van der Waals surface area contributed by atoms with Crippen LogP contribution in [-0.2, 0) is 9.59 Å². The molecule has 3 aliphatic carbocycles. The molecule has 0 aromatic carbocycles. The molecule has 1 unspecified atom stereocenters. The van der Waals surface area contributed by atoms with Gasteiger partial charge in [0.05, 0.1) is 0 Å². The highest BCUT2D eigenvalue weighted by atomic mass is 16.3. The smallest absolute Gasteiger partial charge is 0.138 e. The summed E-state index contributed by atoms with van der Waals surface area (Å²) in [5, 5.41) is 10.6. The van der Waals surface area contributed by atoms with Crippen molar-refractivity contribution in [3.63, 3.8) is 0 Å². The first kappa shape index (κ1) is 28.9. The molecule has 35 heavy (non-hydrogen) atoms. The number of carbonyl (C=O) groups excluding carboxylic acids is 2. The van der Waals surface area contributed by atoms with E-state index < -0.39 is 0 Å². The summed E-state index contributed by atoms with van der Waals surface area (Å²) in [6.45, 7) is 23.2. The van der Waals surface area contributed by atoms with E-state index in [0.717, 1.165) is 38.5 Å². The predicted molar refractivity (Wildman–Crippen MR) is 145 cm³/mol. The number of ketones is 2. The Bertz CT molecular complexity index is 823. The quantitative estimate of drug-likeness (QED) is 0.394. The zero-order valence-electron chi connectivity index (χ0n) is 24.8. The average Bonchev–Trinajstić information content (AvgIpc) is 2.73. The Kier molecular flexibility index (Phi) is 7.62. The number of Topliss-reactive ketones (excluding diaryl/α,β-unsaturated/α-hetero) is 2. The topological polar surface area (TPSA) is 54.4 Å². The molecule has 0 saturated heterocycles. The minimum absolute atomic E-state index is 0.00414. The molecule has 3 aliphatic rings. The fourth-order valence-corrected chi connectivity index (χ4v) is 9.42. The third kappa shape index (κ3) is 4.82. The van der Waals surface area contributed by atoms with Gasteiger partial charge in [0, 0.05) is 24.9 Å². The molecular formula is C32H56O3. The molecular weight excluding hydrogens is 432 g/mol. The van der Waals surface area contributed by atoms with Crippen LogP contribution in [0, 0.1) is 50.2 Å². The van der Waals surface area contributed by atoms with Gasteiger partial charge >= 0.3 is 0 Å². The van der Waals surface area contributed by atoms with E-state index in [0.29, 0.717) is 35.9 Å². The van der Waals surface area contributed by atoms with Gasteiger partial charge in [-0.3, -0.25) is 4.79 Å². The van der Waals surface area contributed by atoms with Crippen LogP contribution in [0.4, 0.5) is 0 Å². The van der Waals surface area contributed by atoms with Gasteiger partial charge in [-0.25, -0.2) is 0 Å². The third-order valence-electron chi connectivity index (χ3n) is 12.6. The van der Waals surface area contributed by atoms with Crippen molar-refractivity contribution < 1.29 is 14.7 Å². The van der Waals surface area contributed by atoms with Crippen molar-refractivity contribution in [1.29, 1.82) is 0 Å². The van der Waals surface area contributed by atoms with Crippen molar-refractivity contribution in [2.75, 3.05) is 6.61 Å². The van der Waals surface area contributed by atoms with E-state index >= 15 is 0 Å². The molecule has 0 aromatic heterocycles. The summed E-state index contributed by atoms with van der Waals surface area (Å²) in [6.07, 6.45) is 9.93. The Balaban J connectivity index is 1.92. The lowest BCUT2D eigenvalue weighted by Crippen LogP contribution is -2.60. The van der Waals surface area contributed by atoms with Gasteiger partial charge in [-0.15, -0.1) is 0 Å². The van der Waals surface area contributed by atoms with Gasteiger partial charge in [-0.05, 0) is 103 Å². The van der Waals surface area contributed by atoms with E-state index in [-0.39, 0.29) is 45.4 Å². The number of hydrogen-bond donors (Lipinski definition) is 1. The normalized spacial score (nSPS) is 41.3. The number of hydrogen-bond acceptors (Lipinski definition) is 3. The Hall–Kier alpha value is -0.700. The first-order chi connectivity index (χ1) is 15.9. The van der Waals surface area contributed by atoms with Crippen LogP contribution in [0.5, 0.6) is 0 Å². The van der Waals surface area contributed by atoms with Crippen molar-refractivity contribution >= 4 is 11.6 Å². The lowest BCUT2D eigenvalue weighted by Gasteiger charge is -2.65. The van der Waals surface area contributed by atoms with Crippen molar-refractivity contribution in [2.24, 2.45) is 50.2 Å². The molecule has 0 aromatic rings. The van der Waals surface area contributed by atoms with E-state index in [1.165, 1.54) is 12.8 Å². The molecule has 202 valence electrons. The summed E-state index contributed by atoms with van der Waals surface area (Å²) in [7, 11) is 0. The fourth-order valence-electron chi connectivity index (χ4n) is 9.42. The minimum atomic E-state index is -0.307. The van der Waals surface area contributed by atoms with Crippen LogP contribution >= 0.6 is 0 Å². The van der Waals surface area contributed by atoms with Crippen LogP contribution in [-0.4, -0.2) is 23.3 Å². The molecule has 0 radical (unpaired) electrons. The molecule has 3 rings (SSSR count). The molecule has 0 spiro atoms. The van der Waals surface area contributed by atoms with Crippen LogP contribution < -0.4 is 0 Å². The summed E-state index contributed by atoms with van der Waals surface area (Å²) in [6, 6.07) is 0. The molecule has 1 N–H and O–H groups in total. The van der Waals surface area contributed by atoms with Gasteiger partial charge in [-0.1, -0.05) is 62.3 Å². The van der Waals surface area contributed by atoms with Crippen LogP contribution in [0.2, 0.25) is 0 Å². The van der Waals surface area contributed by atoms with Gasteiger partial charge in [0.15, 0.2) is 0 Å². The number of aliphatic hydroxyl groups excluding tert-OH is 1. The average molecular weight is 489 g/mol. The molecule has 0 heterocycles. The maximum atomic E-state index is 12.9. The SMILES string of the molecule is CC(=O)C[C@@H]1[C@@]2(C)CCC(=O)C(C)(C)[C@@H]2CC[C@@]1(C)C(C)(C)CC[C@@]1(CO)CCC(C)(C)CC1C. The van der Waals surface area contributed by atoms with Gasteiger partial charge in [-0.2, -0.15) is 0 Å². The summed E-state index contributed by atoms with van der Waals surface area (Å²) >= 11 is 0. The van der Waals surface area contributed by atoms with E-state index in [9.17, 15) is 14.7 Å². The molecule has 3 saturated carbocycles. The zero-order chi connectivity index (χ0) is 26.7. The molecule has 0 amide bonds. The molecule has 0 aliphatic heterocycles. The number of carbonyl (C=O) groups is 2. The highest BCUT2D eigenvalue weighted by Crippen LogP contribution is 2.69. The summed E-state index contributed by atoms with van der Waals surface area (Å²) in [4.78, 5) is 25.6. The molecule has 3 nitrogen and oxygen atoms in total. The lowest BCUT2D eigenvalue weighted by molar-refractivity contribution is -0.180. The minimum Gasteiger partial charge on any atom is -0.396 e. The summed E-state index contributed by atoms with van der Waals surface area (Å²) < 4.78 is 0. The molecule has 3 heteroatoms. The largest absolute Gasteiger partial charge is 0.396 e. The van der Waals surface area contributed by atoms with Crippen LogP contribution in [0.15, 0.2) is 0 Å². The van der Waals surface area contributed by atoms with Crippen molar-refractivity contribution in [3.05, 3.63) is 0 Å². The summed E-state index contributed by atoms with van der Waals surface area (Å²) in [5.41, 5.74) is 0.142. The second-order valence-corrected chi connectivity index (χ2v) is 15.8. The lowest BCUT2D eigenvalue weighted by atomic mass is 9.38.